The Morgan fingerprint density at radius 2 is 2.06 bits per heavy atom. The van der Waals surface area contributed by atoms with Gasteiger partial charge in [0.05, 0.1) is 0 Å². The van der Waals surface area contributed by atoms with Crippen molar-refractivity contribution in [2.24, 2.45) is 5.92 Å². The van der Waals surface area contributed by atoms with Crippen molar-refractivity contribution in [3.63, 3.8) is 0 Å². The molecule has 3 heteroatoms. The van der Waals surface area contributed by atoms with Crippen LogP contribution in [0, 0.1) is 5.92 Å². The summed E-state index contributed by atoms with van der Waals surface area (Å²) in [7, 11) is 0. The first-order valence-corrected chi connectivity index (χ1v) is 6.80. The Kier molecular flexibility index (Phi) is 3.90. The molecule has 2 aromatic rings. The Balaban J connectivity index is 2.19. The van der Waals surface area contributed by atoms with Gasteiger partial charge in [0.15, 0.2) is 11.5 Å². The third-order valence-electron chi connectivity index (χ3n) is 3.63. The summed E-state index contributed by atoms with van der Waals surface area (Å²) >= 11 is 0. The zero-order valence-corrected chi connectivity index (χ0v) is 11.7. The van der Waals surface area contributed by atoms with Gasteiger partial charge in [0.1, 0.15) is 5.52 Å². The third-order valence-corrected chi connectivity index (χ3v) is 3.63. The summed E-state index contributed by atoms with van der Waals surface area (Å²) in [5.74, 6) is 1.46. The molecule has 0 amide bonds. The number of benzene rings is 1. The lowest BCUT2D eigenvalue weighted by molar-refractivity contribution is 0.494. The summed E-state index contributed by atoms with van der Waals surface area (Å²) in [4.78, 5) is 4.46. The Labute approximate surface area is 109 Å². The number of oxazole rings is 1. The van der Waals surface area contributed by atoms with E-state index in [0.29, 0.717) is 12.0 Å². The number of fused-ring (bicyclic) bond motifs is 1. The molecular weight excluding hydrogens is 224 g/mol. The molecule has 0 spiro atoms. The minimum Gasteiger partial charge on any atom is -0.441 e. The lowest BCUT2D eigenvalue weighted by Gasteiger charge is -2.20. The van der Waals surface area contributed by atoms with E-state index in [0.717, 1.165) is 29.1 Å². The van der Waals surface area contributed by atoms with Gasteiger partial charge in [0.2, 0.25) is 0 Å². The number of rotatable bonds is 5. The molecule has 0 fully saturated rings. The van der Waals surface area contributed by atoms with Gasteiger partial charge in [0, 0.05) is 18.2 Å². The van der Waals surface area contributed by atoms with Crippen LogP contribution in [0.5, 0.6) is 0 Å². The van der Waals surface area contributed by atoms with Crippen molar-refractivity contribution in [1.29, 1.82) is 0 Å². The highest BCUT2D eigenvalue weighted by Crippen LogP contribution is 2.22. The molecule has 18 heavy (non-hydrogen) atoms. The Hall–Kier alpha value is -1.51. The van der Waals surface area contributed by atoms with Gasteiger partial charge >= 0.3 is 0 Å². The van der Waals surface area contributed by atoms with Crippen LogP contribution < -0.4 is 5.32 Å². The fourth-order valence-corrected chi connectivity index (χ4v) is 1.97. The highest BCUT2D eigenvalue weighted by atomic mass is 16.3. The van der Waals surface area contributed by atoms with Crippen LogP contribution in [0.4, 0.5) is 5.69 Å². The number of aromatic nitrogens is 1. The van der Waals surface area contributed by atoms with Crippen molar-refractivity contribution in [3.8, 4) is 0 Å². The van der Waals surface area contributed by atoms with Gasteiger partial charge in [-0.05, 0) is 31.0 Å². The normalized spacial score (nSPS) is 14.7. The van der Waals surface area contributed by atoms with E-state index in [-0.39, 0.29) is 0 Å². The van der Waals surface area contributed by atoms with Gasteiger partial charge in [-0.25, -0.2) is 4.98 Å². The van der Waals surface area contributed by atoms with Gasteiger partial charge in [-0.15, -0.1) is 0 Å². The molecule has 0 bridgehead atoms. The highest BCUT2D eigenvalue weighted by Gasteiger charge is 2.11. The molecule has 1 aromatic carbocycles. The van der Waals surface area contributed by atoms with Crippen LogP contribution in [0.2, 0.25) is 0 Å². The summed E-state index contributed by atoms with van der Waals surface area (Å²) < 4.78 is 5.61. The van der Waals surface area contributed by atoms with Crippen LogP contribution in [-0.4, -0.2) is 11.0 Å². The van der Waals surface area contributed by atoms with Gasteiger partial charge < -0.3 is 9.73 Å². The SMILES string of the molecule is CCc1nc2cc(NC(C)C(C)CC)ccc2o1. The first kappa shape index (κ1) is 12.9. The summed E-state index contributed by atoms with van der Waals surface area (Å²) in [6, 6.07) is 6.58. The second-order valence-electron chi connectivity index (χ2n) is 4.96. The van der Waals surface area contributed by atoms with E-state index in [2.05, 4.69) is 50.1 Å². The van der Waals surface area contributed by atoms with Crippen LogP contribution in [0.15, 0.2) is 22.6 Å². The molecule has 3 nitrogen and oxygen atoms in total. The van der Waals surface area contributed by atoms with Crippen LogP contribution in [-0.2, 0) is 6.42 Å². The molecule has 1 N–H and O–H groups in total. The Morgan fingerprint density at radius 3 is 2.72 bits per heavy atom. The molecule has 0 aliphatic carbocycles. The number of hydrogen-bond acceptors (Lipinski definition) is 3. The Morgan fingerprint density at radius 1 is 1.28 bits per heavy atom. The second-order valence-corrected chi connectivity index (χ2v) is 4.96. The number of anilines is 1. The van der Waals surface area contributed by atoms with Crippen molar-refractivity contribution in [3.05, 3.63) is 24.1 Å². The molecule has 2 rings (SSSR count). The van der Waals surface area contributed by atoms with Crippen LogP contribution in [0.1, 0.15) is 40.0 Å². The minimum absolute atomic E-state index is 0.463. The van der Waals surface area contributed by atoms with E-state index in [1.165, 1.54) is 6.42 Å². The molecule has 2 atom stereocenters. The molecule has 0 aliphatic heterocycles. The standard InChI is InChI=1S/C15H22N2O/c1-5-10(3)11(4)16-12-7-8-14-13(9-12)17-15(6-2)18-14/h7-11,16H,5-6H2,1-4H3. The van der Waals surface area contributed by atoms with E-state index < -0.39 is 0 Å². The third kappa shape index (κ3) is 2.66. The second kappa shape index (κ2) is 5.42. The minimum atomic E-state index is 0.463. The predicted octanol–water partition coefficient (Wildman–Crippen LogP) is 4.24. The number of nitrogens with zero attached hydrogens (tertiary/aromatic N) is 1. The molecule has 2 unspecified atom stereocenters. The van der Waals surface area contributed by atoms with Gasteiger partial charge in [-0.3, -0.25) is 0 Å². The highest BCUT2D eigenvalue weighted by molar-refractivity contribution is 5.77. The van der Waals surface area contributed by atoms with Crippen molar-refractivity contribution in [2.45, 2.75) is 46.6 Å². The maximum absolute atomic E-state index is 5.61. The van der Waals surface area contributed by atoms with Crippen LogP contribution in [0.25, 0.3) is 11.1 Å². The smallest absolute Gasteiger partial charge is 0.195 e. The maximum Gasteiger partial charge on any atom is 0.195 e. The number of nitrogens with one attached hydrogen (secondary N) is 1. The summed E-state index contributed by atoms with van der Waals surface area (Å²) in [5.41, 5.74) is 2.92. The Bertz CT molecular complexity index is 518. The topological polar surface area (TPSA) is 38.1 Å². The lowest BCUT2D eigenvalue weighted by Crippen LogP contribution is -2.23. The molecule has 1 aromatic heterocycles. The molecule has 0 aliphatic rings. The first-order chi connectivity index (χ1) is 8.63. The molecule has 0 radical (unpaired) electrons. The van der Waals surface area contributed by atoms with Gasteiger partial charge in [-0.2, -0.15) is 0 Å². The zero-order chi connectivity index (χ0) is 13.1. The molecule has 0 saturated heterocycles. The van der Waals surface area contributed by atoms with Crippen molar-refractivity contribution in [1.82, 2.24) is 4.98 Å². The van der Waals surface area contributed by atoms with Crippen LogP contribution in [0.3, 0.4) is 0 Å². The lowest BCUT2D eigenvalue weighted by atomic mass is 10.0. The van der Waals surface area contributed by atoms with E-state index in [1.54, 1.807) is 0 Å². The van der Waals surface area contributed by atoms with Gasteiger partial charge in [-0.1, -0.05) is 27.2 Å². The molecule has 0 saturated carbocycles. The number of hydrogen-bond donors (Lipinski definition) is 1. The fourth-order valence-electron chi connectivity index (χ4n) is 1.97. The predicted molar refractivity (Wildman–Crippen MR) is 75.9 cm³/mol. The first-order valence-electron chi connectivity index (χ1n) is 6.80. The monoisotopic (exact) mass is 246 g/mol. The number of aryl methyl sites for hydroxylation is 1. The van der Waals surface area contributed by atoms with Crippen molar-refractivity contribution in [2.75, 3.05) is 5.32 Å². The quantitative estimate of drug-likeness (QED) is 0.857. The van der Waals surface area contributed by atoms with Crippen LogP contribution >= 0.6 is 0 Å². The van der Waals surface area contributed by atoms with E-state index in [4.69, 9.17) is 4.42 Å². The molecule has 98 valence electrons. The summed E-state index contributed by atoms with van der Waals surface area (Å²) in [6.45, 7) is 8.76. The average Bonchev–Trinajstić information content (AvgIpc) is 2.79. The molecule has 1 heterocycles. The fraction of sp³-hybridized carbons (Fsp3) is 0.533. The summed E-state index contributed by atoms with van der Waals surface area (Å²) in [6.07, 6.45) is 2.01. The maximum atomic E-state index is 5.61. The van der Waals surface area contributed by atoms with E-state index >= 15 is 0 Å². The average molecular weight is 246 g/mol. The van der Waals surface area contributed by atoms with E-state index in [9.17, 15) is 0 Å². The van der Waals surface area contributed by atoms with E-state index in [1.807, 2.05) is 6.07 Å². The van der Waals surface area contributed by atoms with Crippen molar-refractivity contribution < 1.29 is 4.42 Å². The zero-order valence-electron chi connectivity index (χ0n) is 11.7. The van der Waals surface area contributed by atoms with Gasteiger partial charge in [0.25, 0.3) is 0 Å². The summed E-state index contributed by atoms with van der Waals surface area (Å²) in [5, 5.41) is 3.53. The molecular formula is C15H22N2O. The largest absolute Gasteiger partial charge is 0.441 e. The van der Waals surface area contributed by atoms with Crippen molar-refractivity contribution >= 4 is 16.8 Å².